The zero-order valence-electron chi connectivity index (χ0n) is 10.1. The van der Waals surface area contributed by atoms with Gasteiger partial charge in [-0.1, -0.05) is 25.1 Å². The molecule has 0 saturated heterocycles. The predicted molar refractivity (Wildman–Crippen MR) is 69.6 cm³/mol. The number of hydrogen-bond donors (Lipinski definition) is 0. The fourth-order valence-electron chi connectivity index (χ4n) is 0.987. The maximum atomic E-state index is 5.58. The number of unbranched alkanes of at least 4 members (excludes halogenated alkanes) is 1. The first-order valence-corrected chi connectivity index (χ1v) is 7.18. The van der Waals surface area contributed by atoms with Crippen LogP contribution in [0.3, 0.4) is 0 Å². The minimum Gasteiger partial charge on any atom is -0.475 e. The predicted octanol–water partition coefficient (Wildman–Crippen LogP) is 2.37. The van der Waals surface area contributed by atoms with Crippen LogP contribution in [0.5, 0.6) is 5.88 Å². The average molecular weight is 261 g/mol. The zero-order valence-corrected chi connectivity index (χ0v) is 11.7. The summed E-state index contributed by atoms with van der Waals surface area (Å²) in [6.45, 7) is 3.93. The number of nitrogens with zero attached hydrogens (tertiary/aromatic N) is 3. The van der Waals surface area contributed by atoms with Crippen molar-refractivity contribution in [2.75, 3.05) is 33.0 Å². The van der Waals surface area contributed by atoms with Crippen molar-refractivity contribution in [3.8, 4) is 5.88 Å². The van der Waals surface area contributed by atoms with Gasteiger partial charge in [0.1, 0.15) is 0 Å². The van der Waals surface area contributed by atoms with Crippen molar-refractivity contribution in [2.45, 2.75) is 24.8 Å². The van der Waals surface area contributed by atoms with E-state index in [-0.39, 0.29) is 0 Å². The summed E-state index contributed by atoms with van der Waals surface area (Å²) in [6, 6.07) is 0. The highest BCUT2D eigenvalue weighted by atomic mass is 32.2. The Hall–Kier alpha value is -0.330. The van der Waals surface area contributed by atoms with Crippen molar-refractivity contribution in [1.29, 1.82) is 0 Å². The van der Waals surface area contributed by atoms with Crippen molar-refractivity contribution in [2.24, 2.45) is 0 Å². The Morgan fingerprint density at radius 1 is 1.38 bits per heavy atom. The summed E-state index contributed by atoms with van der Waals surface area (Å²) in [4.78, 5) is 2.16. The minimum absolute atomic E-state index is 0.710. The molecule has 0 aliphatic carbocycles. The van der Waals surface area contributed by atoms with Crippen LogP contribution in [0.25, 0.3) is 0 Å². The summed E-state index contributed by atoms with van der Waals surface area (Å²) >= 11 is 2.93. The third kappa shape index (κ3) is 5.14. The molecule has 0 aromatic carbocycles. The SMILES string of the molecule is CCCCOc1nsnc1SCCN(C)C. The lowest BCUT2D eigenvalue weighted by Crippen LogP contribution is -2.14. The topological polar surface area (TPSA) is 38.3 Å². The fraction of sp³-hybridized carbons (Fsp3) is 0.800. The van der Waals surface area contributed by atoms with E-state index in [0.29, 0.717) is 5.88 Å². The molecule has 1 heterocycles. The van der Waals surface area contributed by atoms with Gasteiger partial charge in [0.05, 0.1) is 18.3 Å². The van der Waals surface area contributed by atoms with Gasteiger partial charge in [-0.15, -0.1) is 4.37 Å². The van der Waals surface area contributed by atoms with Crippen molar-refractivity contribution in [1.82, 2.24) is 13.6 Å². The quantitative estimate of drug-likeness (QED) is 0.530. The van der Waals surface area contributed by atoms with Crippen LogP contribution in [0.4, 0.5) is 0 Å². The van der Waals surface area contributed by atoms with Crippen LogP contribution in [0, 0.1) is 0 Å². The second kappa shape index (κ2) is 7.86. The zero-order chi connectivity index (χ0) is 11.8. The van der Waals surface area contributed by atoms with Crippen LogP contribution < -0.4 is 4.74 Å². The summed E-state index contributed by atoms with van der Waals surface area (Å²) in [7, 11) is 4.14. The highest BCUT2D eigenvalue weighted by molar-refractivity contribution is 7.99. The molecule has 0 N–H and O–H groups in total. The van der Waals surface area contributed by atoms with E-state index in [1.54, 1.807) is 11.8 Å². The lowest BCUT2D eigenvalue weighted by Gasteiger charge is -2.08. The molecule has 0 unspecified atom stereocenters. The van der Waals surface area contributed by atoms with Gasteiger partial charge in [-0.25, -0.2) is 0 Å². The molecule has 0 aliphatic heterocycles. The third-order valence-corrected chi connectivity index (χ3v) is 3.50. The maximum Gasteiger partial charge on any atom is 0.260 e. The summed E-state index contributed by atoms with van der Waals surface area (Å²) in [5, 5.41) is 0.933. The van der Waals surface area contributed by atoms with Crippen molar-refractivity contribution < 1.29 is 4.74 Å². The Labute approximate surface area is 106 Å². The van der Waals surface area contributed by atoms with Gasteiger partial charge < -0.3 is 9.64 Å². The van der Waals surface area contributed by atoms with Gasteiger partial charge in [0.15, 0.2) is 5.03 Å². The van der Waals surface area contributed by atoms with Crippen LogP contribution in [-0.2, 0) is 0 Å². The van der Waals surface area contributed by atoms with E-state index >= 15 is 0 Å². The molecule has 0 radical (unpaired) electrons. The largest absolute Gasteiger partial charge is 0.475 e. The van der Waals surface area contributed by atoms with Crippen LogP contribution in [0.1, 0.15) is 19.8 Å². The summed E-state index contributed by atoms with van der Waals surface area (Å²) in [5.74, 6) is 1.73. The lowest BCUT2D eigenvalue weighted by atomic mass is 10.4. The number of hydrogen-bond acceptors (Lipinski definition) is 6. The van der Waals surface area contributed by atoms with Gasteiger partial charge >= 0.3 is 0 Å². The van der Waals surface area contributed by atoms with Gasteiger partial charge in [-0.3, -0.25) is 0 Å². The summed E-state index contributed by atoms with van der Waals surface area (Å²) < 4.78 is 14.0. The molecule has 1 rings (SSSR count). The normalized spacial score (nSPS) is 11.0. The van der Waals surface area contributed by atoms with E-state index in [4.69, 9.17) is 4.74 Å². The van der Waals surface area contributed by atoms with Crippen molar-refractivity contribution in [3.63, 3.8) is 0 Å². The van der Waals surface area contributed by atoms with E-state index < -0.39 is 0 Å². The summed E-state index contributed by atoms with van der Waals surface area (Å²) in [6.07, 6.45) is 2.21. The Morgan fingerprint density at radius 3 is 2.88 bits per heavy atom. The van der Waals surface area contributed by atoms with E-state index in [0.717, 1.165) is 36.8 Å². The smallest absolute Gasteiger partial charge is 0.260 e. The molecule has 0 bridgehead atoms. The van der Waals surface area contributed by atoms with Crippen molar-refractivity contribution >= 4 is 23.5 Å². The highest BCUT2D eigenvalue weighted by Gasteiger charge is 2.09. The molecule has 0 fully saturated rings. The molecule has 0 atom stereocenters. The summed E-state index contributed by atoms with van der Waals surface area (Å²) in [5.41, 5.74) is 0. The van der Waals surface area contributed by atoms with Crippen LogP contribution >= 0.6 is 23.5 Å². The van der Waals surface area contributed by atoms with E-state index in [2.05, 4.69) is 34.7 Å². The Balaban J connectivity index is 2.32. The Kier molecular flexibility index (Phi) is 6.75. The van der Waals surface area contributed by atoms with Crippen LogP contribution in [0.15, 0.2) is 5.03 Å². The second-order valence-corrected chi connectivity index (χ2v) is 5.34. The number of rotatable bonds is 8. The molecule has 6 heteroatoms. The van der Waals surface area contributed by atoms with E-state index in [1.165, 1.54) is 11.7 Å². The first kappa shape index (κ1) is 13.7. The molecule has 4 nitrogen and oxygen atoms in total. The van der Waals surface area contributed by atoms with Crippen molar-refractivity contribution in [3.05, 3.63) is 0 Å². The molecular weight excluding hydrogens is 242 g/mol. The van der Waals surface area contributed by atoms with Gasteiger partial charge in [0.2, 0.25) is 0 Å². The average Bonchev–Trinajstić information content (AvgIpc) is 2.66. The second-order valence-electron chi connectivity index (χ2n) is 3.73. The molecule has 0 amide bonds. The molecule has 0 saturated carbocycles. The van der Waals surface area contributed by atoms with Gasteiger partial charge in [-0.05, 0) is 20.5 Å². The maximum absolute atomic E-state index is 5.58. The Morgan fingerprint density at radius 2 is 2.19 bits per heavy atom. The highest BCUT2D eigenvalue weighted by Crippen LogP contribution is 2.26. The fourth-order valence-corrected chi connectivity index (χ4v) is 2.64. The first-order valence-electron chi connectivity index (χ1n) is 5.47. The Bertz CT molecular complexity index is 291. The first-order chi connectivity index (χ1) is 7.74. The number of thioether (sulfide) groups is 1. The minimum atomic E-state index is 0.710. The van der Waals surface area contributed by atoms with Crippen LogP contribution in [0.2, 0.25) is 0 Å². The molecular formula is C10H19N3OS2. The molecule has 16 heavy (non-hydrogen) atoms. The number of aromatic nitrogens is 2. The molecule has 0 aliphatic rings. The van der Waals surface area contributed by atoms with E-state index in [1.807, 2.05) is 0 Å². The standard InChI is InChI=1S/C10H19N3OS2/c1-4-5-7-14-9-10(12-16-11-9)15-8-6-13(2)3/h4-8H2,1-3H3. The number of ether oxygens (including phenoxy) is 1. The van der Waals surface area contributed by atoms with Crippen LogP contribution in [-0.4, -0.2) is 46.6 Å². The molecule has 1 aromatic rings. The monoisotopic (exact) mass is 261 g/mol. The van der Waals surface area contributed by atoms with Gasteiger partial charge in [0.25, 0.3) is 5.88 Å². The molecule has 0 spiro atoms. The molecule has 1 aromatic heterocycles. The lowest BCUT2D eigenvalue weighted by molar-refractivity contribution is 0.292. The van der Waals surface area contributed by atoms with Gasteiger partial charge in [-0.2, -0.15) is 4.37 Å². The third-order valence-electron chi connectivity index (χ3n) is 1.94. The van der Waals surface area contributed by atoms with E-state index in [9.17, 15) is 0 Å². The molecule has 92 valence electrons. The van der Waals surface area contributed by atoms with Gasteiger partial charge in [0, 0.05) is 12.3 Å².